The number of rotatable bonds is 7. The fraction of sp³-hybridized carbons (Fsp3) is 0.500. The van der Waals surface area contributed by atoms with E-state index < -0.39 is 0 Å². The first-order valence-corrected chi connectivity index (χ1v) is 11.6. The van der Waals surface area contributed by atoms with Gasteiger partial charge in [0, 0.05) is 63.8 Å². The summed E-state index contributed by atoms with van der Waals surface area (Å²) in [6.45, 7) is 3.95. The highest BCUT2D eigenvalue weighted by Gasteiger charge is 2.20. The van der Waals surface area contributed by atoms with Crippen molar-refractivity contribution < 1.29 is 4.79 Å². The van der Waals surface area contributed by atoms with Crippen molar-refractivity contribution in [2.45, 2.75) is 38.5 Å². The van der Waals surface area contributed by atoms with Gasteiger partial charge in [-0.2, -0.15) is 15.0 Å². The summed E-state index contributed by atoms with van der Waals surface area (Å²) in [5.74, 6) is 2.03. The number of piperidine rings is 2. The molecular formula is C24H33N7O. The second kappa shape index (κ2) is 10.4. The van der Waals surface area contributed by atoms with Crippen LogP contribution in [0.3, 0.4) is 0 Å². The standard InChI is InChI=1S/C24H33N7O/c1-29(2)18-13-21(32)19-9-11-20(12-10-19)25-22-26-23(30-14-5-3-6-15-30)28-24(27-22)31-16-7-4-8-17-31/h9-13,18H,3-8,14-17H2,1-2H3,(H,25,26,27,28)/b18-13+. The van der Waals surface area contributed by atoms with E-state index in [2.05, 4.69) is 15.1 Å². The second-order valence-electron chi connectivity index (χ2n) is 8.70. The molecule has 8 heteroatoms. The van der Waals surface area contributed by atoms with Gasteiger partial charge < -0.3 is 20.0 Å². The molecule has 1 N–H and O–H groups in total. The third-order valence-electron chi connectivity index (χ3n) is 5.84. The van der Waals surface area contributed by atoms with Crippen molar-refractivity contribution >= 4 is 29.3 Å². The van der Waals surface area contributed by atoms with Gasteiger partial charge in [0.1, 0.15) is 0 Å². The number of benzene rings is 1. The van der Waals surface area contributed by atoms with Crippen LogP contribution in [0, 0.1) is 0 Å². The highest BCUT2D eigenvalue weighted by Crippen LogP contribution is 2.24. The average Bonchev–Trinajstić information content (AvgIpc) is 2.84. The van der Waals surface area contributed by atoms with E-state index in [1.165, 1.54) is 38.5 Å². The van der Waals surface area contributed by atoms with E-state index in [4.69, 9.17) is 15.0 Å². The van der Waals surface area contributed by atoms with Crippen LogP contribution in [0.5, 0.6) is 0 Å². The van der Waals surface area contributed by atoms with E-state index in [1.807, 2.05) is 43.3 Å². The molecule has 8 nitrogen and oxygen atoms in total. The molecule has 1 aromatic carbocycles. The second-order valence-corrected chi connectivity index (χ2v) is 8.70. The molecule has 0 aliphatic carbocycles. The van der Waals surface area contributed by atoms with Crippen LogP contribution < -0.4 is 15.1 Å². The Bertz CT molecular complexity index is 894. The lowest BCUT2D eigenvalue weighted by Gasteiger charge is -2.30. The molecule has 32 heavy (non-hydrogen) atoms. The molecule has 4 rings (SSSR count). The molecule has 2 fully saturated rings. The van der Waals surface area contributed by atoms with Crippen LogP contribution in [0.4, 0.5) is 23.5 Å². The Balaban J connectivity index is 1.54. The van der Waals surface area contributed by atoms with Gasteiger partial charge in [0.2, 0.25) is 17.8 Å². The van der Waals surface area contributed by atoms with E-state index in [-0.39, 0.29) is 5.78 Å². The van der Waals surface area contributed by atoms with Gasteiger partial charge >= 0.3 is 0 Å². The van der Waals surface area contributed by atoms with E-state index in [9.17, 15) is 4.79 Å². The summed E-state index contributed by atoms with van der Waals surface area (Å²) in [6.07, 6.45) is 10.5. The maximum Gasteiger partial charge on any atom is 0.233 e. The minimum atomic E-state index is -0.0230. The largest absolute Gasteiger partial charge is 0.383 e. The van der Waals surface area contributed by atoms with Crippen LogP contribution in [-0.2, 0) is 0 Å². The predicted octanol–water partition coefficient (Wildman–Crippen LogP) is 3.85. The third-order valence-corrected chi connectivity index (χ3v) is 5.84. The Morgan fingerprint density at radius 3 is 1.88 bits per heavy atom. The number of aromatic nitrogens is 3. The Labute approximate surface area is 190 Å². The van der Waals surface area contributed by atoms with Crippen LogP contribution in [0.1, 0.15) is 48.9 Å². The molecule has 3 heterocycles. The number of nitrogens with zero attached hydrogens (tertiary/aromatic N) is 6. The number of hydrogen-bond acceptors (Lipinski definition) is 8. The first kappa shape index (κ1) is 22.0. The maximum atomic E-state index is 12.3. The van der Waals surface area contributed by atoms with Crippen LogP contribution in [0.2, 0.25) is 0 Å². The molecule has 0 amide bonds. The SMILES string of the molecule is CN(C)/C=C/C(=O)c1ccc(Nc2nc(N3CCCCC3)nc(N3CCCCC3)n2)cc1. The average molecular weight is 436 g/mol. The number of anilines is 4. The van der Waals surface area contributed by atoms with Crippen molar-refractivity contribution in [3.8, 4) is 0 Å². The Morgan fingerprint density at radius 1 is 0.844 bits per heavy atom. The third kappa shape index (κ3) is 5.75. The van der Waals surface area contributed by atoms with Gasteiger partial charge in [0.15, 0.2) is 5.78 Å². The fourth-order valence-corrected chi connectivity index (χ4v) is 4.04. The molecule has 170 valence electrons. The van der Waals surface area contributed by atoms with E-state index >= 15 is 0 Å². The van der Waals surface area contributed by atoms with Gasteiger partial charge in [0.25, 0.3) is 0 Å². The molecule has 1 aromatic heterocycles. The summed E-state index contributed by atoms with van der Waals surface area (Å²) in [6, 6.07) is 7.43. The number of hydrogen-bond donors (Lipinski definition) is 1. The maximum absolute atomic E-state index is 12.3. The van der Waals surface area contributed by atoms with E-state index in [0.717, 1.165) is 43.8 Å². The predicted molar refractivity (Wildman–Crippen MR) is 129 cm³/mol. The zero-order valence-corrected chi connectivity index (χ0v) is 19.1. The summed E-state index contributed by atoms with van der Waals surface area (Å²) in [5, 5.41) is 3.33. The zero-order chi connectivity index (χ0) is 22.3. The molecule has 0 radical (unpaired) electrons. The number of ketones is 1. The van der Waals surface area contributed by atoms with Gasteiger partial charge in [-0.05, 0) is 62.8 Å². The van der Waals surface area contributed by atoms with Crippen molar-refractivity contribution in [2.24, 2.45) is 0 Å². The van der Waals surface area contributed by atoms with Crippen LogP contribution in [0.15, 0.2) is 36.5 Å². The van der Waals surface area contributed by atoms with Crippen LogP contribution in [-0.4, -0.2) is 65.9 Å². The summed E-state index contributed by atoms with van der Waals surface area (Å²) < 4.78 is 0. The highest BCUT2D eigenvalue weighted by molar-refractivity contribution is 6.04. The Morgan fingerprint density at radius 2 is 1.38 bits per heavy atom. The topological polar surface area (TPSA) is 77.5 Å². The molecule has 2 aliphatic rings. The fourth-order valence-electron chi connectivity index (χ4n) is 4.04. The Kier molecular flexibility index (Phi) is 7.19. The lowest BCUT2D eigenvalue weighted by Crippen LogP contribution is -2.34. The van der Waals surface area contributed by atoms with Crippen molar-refractivity contribution in [1.82, 2.24) is 19.9 Å². The Hall–Kier alpha value is -3.16. The number of carbonyl (C=O) groups excluding carboxylic acids is 1. The van der Waals surface area contributed by atoms with Crippen molar-refractivity contribution in [2.75, 3.05) is 55.4 Å². The molecule has 2 aromatic rings. The number of nitrogens with one attached hydrogen (secondary N) is 1. The van der Waals surface area contributed by atoms with E-state index in [0.29, 0.717) is 11.5 Å². The number of carbonyl (C=O) groups is 1. The normalized spacial score (nSPS) is 16.9. The van der Waals surface area contributed by atoms with Crippen LogP contribution in [0.25, 0.3) is 0 Å². The summed E-state index contributed by atoms with van der Waals surface area (Å²) >= 11 is 0. The lowest BCUT2D eigenvalue weighted by molar-refractivity contribution is 0.104. The molecule has 0 saturated carbocycles. The first-order chi connectivity index (χ1) is 15.6. The summed E-state index contributed by atoms with van der Waals surface area (Å²) in [4.78, 5) is 33.0. The minimum Gasteiger partial charge on any atom is -0.383 e. The van der Waals surface area contributed by atoms with Gasteiger partial charge in [-0.25, -0.2) is 0 Å². The monoisotopic (exact) mass is 435 g/mol. The van der Waals surface area contributed by atoms with Crippen molar-refractivity contribution in [1.29, 1.82) is 0 Å². The smallest absolute Gasteiger partial charge is 0.233 e. The molecule has 0 bridgehead atoms. The highest BCUT2D eigenvalue weighted by atomic mass is 16.1. The van der Waals surface area contributed by atoms with Crippen LogP contribution >= 0.6 is 0 Å². The molecule has 0 atom stereocenters. The molecule has 2 aliphatic heterocycles. The van der Waals surface area contributed by atoms with Crippen molar-refractivity contribution in [3.63, 3.8) is 0 Å². The first-order valence-electron chi connectivity index (χ1n) is 11.6. The van der Waals surface area contributed by atoms with Gasteiger partial charge in [-0.3, -0.25) is 4.79 Å². The van der Waals surface area contributed by atoms with Gasteiger partial charge in [0.05, 0.1) is 0 Å². The molecule has 0 unspecified atom stereocenters. The zero-order valence-electron chi connectivity index (χ0n) is 19.1. The minimum absolute atomic E-state index is 0.0230. The van der Waals surface area contributed by atoms with Gasteiger partial charge in [-0.15, -0.1) is 0 Å². The van der Waals surface area contributed by atoms with Crippen molar-refractivity contribution in [3.05, 3.63) is 42.1 Å². The van der Waals surface area contributed by atoms with E-state index in [1.54, 1.807) is 12.3 Å². The molecule has 0 spiro atoms. The lowest BCUT2D eigenvalue weighted by atomic mass is 10.1. The molecule has 2 saturated heterocycles. The quantitative estimate of drug-likeness (QED) is 0.519. The van der Waals surface area contributed by atoms with Gasteiger partial charge in [-0.1, -0.05) is 0 Å². The summed E-state index contributed by atoms with van der Waals surface area (Å²) in [7, 11) is 3.78. The molecular weight excluding hydrogens is 402 g/mol. The number of allylic oxidation sites excluding steroid dienone is 1. The summed E-state index contributed by atoms with van der Waals surface area (Å²) in [5.41, 5.74) is 1.49.